The molecule has 1 saturated heterocycles. The summed E-state index contributed by atoms with van der Waals surface area (Å²) in [6.45, 7) is 1.29. The number of nitrogens with one attached hydrogen (secondary N) is 2. The van der Waals surface area contributed by atoms with E-state index in [4.69, 9.17) is 0 Å². The number of amides is 4. The minimum Gasteiger partial charge on any atom is -0.324 e. The fourth-order valence-corrected chi connectivity index (χ4v) is 4.15. The molecule has 0 radical (unpaired) electrons. The van der Waals surface area contributed by atoms with Crippen LogP contribution >= 0.6 is 11.3 Å². The lowest BCUT2D eigenvalue weighted by Crippen LogP contribution is -2.42. The lowest BCUT2D eigenvalue weighted by molar-refractivity contribution is -0.133. The molecule has 1 unspecified atom stereocenters. The van der Waals surface area contributed by atoms with Gasteiger partial charge in [-0.25, -0.2) is 4.79 Å². The summed E-state index contributed by atoms with van der Waals surface area (Å²) >= 11 is 1.57. The van der Waals surface area contributed by atoms with Crippen LogP contribution in [0.1, 0.15) is 12.5 Å². The number of rotatable bonds is 5. The molecule has 4 amide bonds. The Kier molecular flexibility index (Phi) is 4.90. The number of thiophene rings is 1. The quantitative estimate of drug-likeness (QED) is 0.634. The Morgan fingerprint density at radius 1 is 1.03 bits per heavy atom. The number of anilines is 1. The van der Waals surface area contributed by atoms with Crippen LogP contribution in [0, 0.1) is 0 Å². The van der Waals surface area contributed by atoms with Gasteiger partial charge in [0, 0.05) is 16.1 Å². The molecule has 0 saturated carbocycles. The number of urea groups is 1. The summed E-state index contributed by atoms with van der Waals surface area (Å²) in [6.07, 6.45) is 0. The topological polar surface area (TPSA) is 78.5 Å². The van der Waals surface area contributed by atoms with Crippen molar-refractivity contribution in [2.45, 2.75) is 12.5 Å². The van der Waals surface area contributed by atoms with E-state index in [-0.39, 0.29) is 6.54 Å². The van der Waals surface area contributed by atoms with E-state index in [1.807, 2.05) is 41.8 Å². The highest BCUT2D eigenvalue weighted by Crippen LogP contribution is 2.32. The van der Waals surface area contributed by atoms with Crippen LogP contribution in [-0.2, 0) is 15.1 Å². The molecule has 1 aliphatic rings. The molecule has 4 rings (SSSR count). The molecule has 1 fully saturated rings. The molecule has 2 N–H and O–H groups in total. The normalized spacial score (nSPS) is 18.6. The van der Waals surface area contributed by atoms with E-state index in [2.05, 4.69) is 10.6 Å². The number of hydrogen-bond acceptors (Lipinski definition) is 4. The molecule has 1 aromatic heterocycles. The number of benzene rings is 2. The minimum absolute atomic E-state index is 0.355. The Morgan fingerprint density at radius 3 is 2.48 bits per heavy atom. The van der Waals surface area contributed by atoms with Gasteiger partial charge >= 0.3 is 6.03 Å². The van der Waals surface area contributed by atoms with E-state index in [1.165, 1.54) is 0 Å². The van der Waals surface area contributed by atoms with E-state index in [0.29, 0.717) is 11.3 Å². The van der Waals surface area contributed by atoms with Gasteiger partial charge in [-0.2, -0.15) is 0 Å². The first-order valence-corrected chi connectivity index (χ1v) is 9.99. The van der Waals surface area contributed by atoms with Crippen LogP contribution in [-0.4, -0.2) is 29.3 Å². The molecule has 1 aliphatic heterocycles. The van der Waals surface area contributed by atoms with Crippen LogP contribution < -0.4 is 10.6 Å². The molecule has 1 atom stereocenters. The largest absolute Gasteiger partial charge is 0.325 e. The van der Waals surface area contributed by atoms with Gasteiger partial charge in [-0.1, -0.05) is 54.6 Å². The van der Waals surface area contributed by atoms with Crippen LogP contribution in [0.5, 0.6) is 0 Å². The molecule has 0 aliphatic carbocycles. The van der Waals surface area contributed by atoms with Gasteiger partial charge in [0.1, 0.15) is 12.1 Å². The molecule has 6 nitrogen and oxygen atoms in total. The van der Waals surface area contributed by atoms with Crippen LogP contribution in [0.2, 0.25) is 0 Å². The second-order valence-electron chi connectivity index (χ2n) is 6.88. The molecule has 0 spiro atoms. The second kappa shape index (κ2) is 7.52. The Morgan fingerprint density at radius 2 is 1.76 bits per heavy atom. The minimum atomic E-state index is -1.19. The van der Waals surface area contributed by atoms with Crippen molar-refractivity contribution in [3.8, 4) is 10.4 Å². The molecule has 146 valence electrons. The first kappa shape index (κ1) is 18.9. The summed E-state index contributed by atoms with van der Waals surface area (Å²) < 4.78 is 0. The summed E-state index contributed by atoms with van der Waals surface area (Å²) in [5.74, 6) is -0.884. The number of nitrogens with zero attached hydrogens (tertiary/aromatic N) is 1. The number of para-hydroxylation sites is 1. The van der Waals surface area contributed by atoms with Gasteiger partial charge in [0.25, 0.3) is 5.91 Å². The van der Waals surface area contributed by atoms with Crippen molar-refractivity contribution >= 4 is 34.9 Å². The highest BCUT2D eigenvalue weighted by Gasteiger charge is 2.49. The van der Waals surface area contributed by atoms with Crippen LogP contribution in [0.25, 0.3) is 10.4 Å². The molecule has 29 heavy (non-hydrogen) atoms. The third-order valence-corrected chi connectivity index (χ3v) is 5.82. The van der Waals surface area contributed by atoms with Gasteiger partial charge < -0.3 is 10.6 Å². The van der Waals surface area contributed by atoms with Crippen molar-refractivity contribution in [2.24, 2.45) is 0 Å². The van der Waals surface area contributed by atoms with Crippen LogP contribution in [0.4, 0.5) is 10.5 Å². The molecule has 3 aromatic rings. The maximum absolute atomic E-state index is 12.9. The van der Waals surface area contributed by atoms with Crippen LogP contribution in [0.3, 0.4) is 0 Å². The highest BCUT2D eigenvalue weighted by atomic mass is 32.1. The maximum Gasteiger partial charge on any atom is 0.325 e. The van der Waals surface area contributed by atoms with Gasteiger partial charge in [0.15, 0.2) is 0 Å². The zero-order valence-corrected chi connectivity index (χ0v) is 16.5. The van der Waals surface area contributed by atoms with E-state index in [1.54, 1.807) is 48.6 Å². The predicted octanol–water partition coefficient (Wildman–Crippen LogP) is 3.82. The summed E-state index contributed by atoms with van der Waals surface area (Å²) in [4.78, 5) is 40.0. The Bertz CT molecular complexity index is 1070. The Hall–Kier alpha value is -3.45. The van der Waals surface area contributed by atoms with E-state index < -0.39 is 23.4 Å². The van der Waals surface area contributed by atoms with Gasteiger partial charge in [-0.15, -0.1) is 11.3 Å². The third-order valence-electron chi connectivity index (χ3n) is 4.92. The van der Waals surface area contributed by atoms with Crippen molar-refractivity contribution < 1.29 is 14.4 Å². The monoisotopic (exact) mass is 405 g/mol. The first-order valence-electron chi connectivity index (χ1n) is 9.11. The van der Waals surface area contributed by atoms with Crippen molar-refractivity contribution in [1.82, 2.24) is 10.2 Å². The smallest absolute Gasteiger partial charge is 0.324 e. The molecule has 0 bridgehead atoms. The average Bonchev–Trinajstić information content (AvgIpc) is 3.33. The lowest BCUT2D eigenvalue weighted by Gasteiger charge is -2.22. The molecule has 2 heterocycles. The third kappa shape index (κ3) is 3.52. The fraction of sp³-hybridized carbons (Fsp3) is 0.136. The zero-order valence-electron chi connectivity index (χ0n) is 15.7. The zero-order chi connectivity index (χ0) is 20.4. The maximum atomic E-state index is 12.9. The number of hydrogen-bond donors (Lipinski definition) is 2. The van der Waals surface area contributed by atoms with Crippen molar-refractivity contribution in [3.05, 3.63) is 77.7 Å². The average molecular weight is 405 g/mol. The summed E-state index contributed by atoms with van der Waals surface area (Å²) in [6, 6.07) is 19.8. The van der Waals surface area contributed by atoms with Gasteiger partial charge in [-0.05, 0) is 30.0 Å². The number of carbonyl (C=O) groups is 3. The standard InChI is InChI=1S/C22H19N3O3S/c1-22(15-8-3-2-4-9-15)20(27)25(21(28)24-22)14-19(26)23-17-11-6-5-10-16(17)18-12-7-13-29-18/h2-13H,14H2,1H3,(H,23,26)(H,24,28). The second-order valence-corrected chi connectivity index (χ2v) is 7.83. The van der Waals surface area contributed by atoms with E-state index in [9.17, 15) is 14.4 Å². The highest BCUT2D eigenvalue weighted by molar-refractivity contribution is 7.13. The van der Waals surface area contributed by atoms with E-state index in [0.717, 1.165) is 15.3 Å². The van der Waals surface area contributed by atoms with Crippen LogP contribution in [0.15, 0.2) is 72.1 Å². The molecular formula is C22H19N3O3S. The van der Waals surface area contributed by atoms with Gasteiger partial charge in [0.2, 0.25) is 5.91 Å². The number of carbonyl (C=O) groups excluding carboxylic acids is 3. The lowest BCUT2D eigenvalue weighted by atomic mass is 9.92. The first-order chi connectivity index (χ1) is 14.0. The van der Waals surface area contributed by atoms with Crippen molar-refractivity contribution in [3.63, 3.8) is 0 Å². The summed E-state index contributed by atoms with van der Waals surface area (Å²) in [5.41, 5.74) is 1.01. The molecular weight excluding hydrogens is 386 g/mol. The predicted molar refractivity (Wildman–Crippen MR) is 112 cm³/mol. The Labute approximate surface area is 172 Å². The SMILES string of the molecule is CC1(c2ccccc2)NC(=O)N(CC(=O)Nc2ccccc2-c2cccs2)C1=O. The van der Waals surface area contributed by atoms with Crippen molar-refractivity contribution in [2.75, 3.05) is 11.9 Å². The van der Waals surface area contributed by atoms with Gasteiger partial charge in [-0.3, -0.25) is 14.5 Å². The number of imide groups is 1. The summed E-state index contributed by atoms with van der Waals surface area (Å²) in [5, 5.41) is 7.50. The van der Waals surface area contributed by atoms with Crippen molar-refractivity contribution in [1.29, 1.82) is 0 Å². The summed E-state index contributed by atoms with van der Waals surface area (Å²) in [7, 11) is 0. The Balaban J connectivity index is 1.51. The molecule has 2 aromatic carbocycles. The fourth-order valence-electron chi connectivity index (χ4n) is 3.38. The van der Waals surface area contributed by atoms with E-state index >= 15 is 0 Å². The molecule has 7 heteroatoms. The van der Waals surface area contributed by atoms with Gasteiger partial charge in [0.05, 0.1) is 0 Å².